The zero-order chi connectivity index (χ0) is 17.1. The second kappa shape index (κ2) is 6.88. The number of amides is 2. The smallest absolute Gasteiger partial charge is 0.345 e. The maximum absolute atomic E-state index is 12.3. The number of nitrogens with zero attached hydrogens (tertiary/aromatic N) is 2. The van der Waals surface area contributed by atoms with Gasteiger partial charge in [-0.25, -0.2) is 14.4 Å². The molecule has 0 aromatic heterocycles. The summed E-state index contributed by atoms with van der Waals surface area (Å²) in [6.07, 6.45) is 1.03. The minimum absolute atomic E-state index is 0.154. The highest BCUT2D eigenvalue weighted by molar-refractivity contribution is 5.85. The molecular formula is C16H18N2O6. The van der Waals surface area contributed by atoms with Crippen LogP contribution in [0, 0.1) is 0 Å². The molecule has 2 aliphatic rings. The fraction of sp³-hybridized carbons (Fsp3) is 0.438. The highest BCUT2D eigenvalue weighted by atomic mass is 16.7. The predicted molar refractivity (Wildman–Crippen MR) is 80.6 cm³/mol. The Morgan fingerprint density at radius 2 is 1.96 bits per heavy atom. The van der Waals surface area contributed by atoms with Crippen LogP contribution in [-0.2, 0) is 25.8 Å². The molecule has 2 atom stereocenters. The summed E-state index contributed by atoms with van der Waals surface area (Å²) in [6, 6.07) is 7.93. The van der Waals surface area contributed by atoms with Gasteiger partial charge in [-0.15, -0.1) is 0 Å². The van der Waals surface area contributed by atoms with Gasteiger partial charge in [0.1, 0.15) is 12.6 Å². The number of carboxylic acid groups (broad SMARTS) is 1. The van der Waals surface area contributed by atoms with Crippen LogP contribution in [0.1, 0.15) is 18.4 Å². The first kappa shape index (κ1) is 16.3. The summed E-state index contributed by atoms with van der Waals surface area (Å²) in [4.78, 5) is 41.6. The molecule has 0 radical (unpaired) electrons. The first-order valence-electron chi connectivity index (χ1n) is 7.71. The Balaban J connectivity index is 1.59. The number of piperidine rings is 1. The number of carbonyl (C=O) groups is 3. The molecule has 2 unspecified atom stereocenters. The van der Waals surface area contributed by atoms with Crippen LogP contribution in [0.15, 0.2) is 30.3 Å². The van der Waals surface area contributed by atoms with Crippen molar-refractivity contribution < 1.29 is 29.1 Å². The maximum atomic E-state index is 12.3. The SMILES string of the molecule is O=C(O)CON1C(=O)N2CC1CCC2C(=O)OCc1ccccc1. The largest absolute Gasteiger partial charge is 0.479 e. The van der Waals surface area contributed by atoms with Crippen LogP contribution >= 0.6 is 0 Å². The minimum Gasteiger partial charge on any atom is -0.479 e. The highest BCUT2D eigenvalue weighted by Crippen LogP contribution is 2.30. The molecule has 0 aliphatic carbocycles. The van der Waals surface area contributed by atoms with Crippen LogP contribution in [0.4, 0.5) is 4.79 Å². The van der Waals surface area contributed by atoms with Crippen molar-refractivity contribution in [2.75, 3.05) is 13.2 Å². The van der Waals surface area contributed by atoms with E-state index in [0.717, 1.165) is 10.6 Å². The van der Waals surface area contributed by atoms with E-state index in [-0.39, 0.29) is 12.6 Å². The van der Waals surface area contributed by atoms with E-state index in [4.69, 9.17) is 14.7 Å². The Labute approximate surface area is 138 Å². The number of aliphatic carboxylic acids is 1. The van der Waals surface area contributed by atoms with Crippen LogP contribution in [-0.4, -0.2) is 58.3 Å². The van der Waals surface area contributed by atoms with Gasteiger partial charge in [0.05, 0.1) is 6.04 Å². The summed E-state index contributed by atoms with van der Waals surface area (Å²) in [5.74, 6) is -1.61. The molecule has 24 heavy (non-hydrogen) atoms. The summed E-state index contributed by atoms with van der Waals surface area (Å²) in [6.45, 7) is -0.0936. The summed E-state index contributed by atoms with van der Waals surface area (Å²) in [7, 11) is 0. The van der Waals surface area contributed by atoms with Crippen molar-refractivity contribution in [2.24, 2.45) is 0 Å². The van der Waals surface area contributed by atoms with Gasteiger partial charge in [0.25, 0.3) is 0 Å². The zero-order valence-electron chi connectivity index (χ0n) is 13.0. The number of carboxylic acids is 1. The van der Waals surface area contributed by atoms with E-state index in [2.05, 4.69) is 0 Å². The van der Waals surface area contributed by atoms with Crippen molar-refractivity contribution in [1.29, 1.82) is 0 Å². The van der Waals surface area contributed by atoms with E-state index in [1.165, 1.54) is 4.90 Å². The third kappa shape index (κ3) is 3.33. The average molecular weight is 334 g/mol. The number of esters is 1. The average Bonchev–Trinajstić information content (AvgIpc) is 2.83. The molecule has 2 heterocycles. The van der Waals surface area contributed by atoms with E-state index >= 15 is 0 Å². The number of hydroxylamine groups is 2. The van der Waals surface area contributed by atoms with Crippen molar-refractivity contribution >= 4 is 18.0 Å². The standard InChI is InChI=1S/C16H18N2O6/c19-14(20)10-24-18-12-6-7-13(17(8-12)16(18)22)15(21)23-9-11-4-2-1-3-5-11/h1-5,12-13H,6-10H2,(H,19,20). The predicted octanol–water partition coefficient (Wildman–Crippen LogP) is 1.01. The van der Waals surface area contributed by atoms with Crippen molar-refractivity contribution in [3.63, 3.8) is 0 Å². The van der Waals surface area contributed by atoms with Crippen LogP contribution in [0.25, 0.3) is 0 Å². The normalized spacial score (nSPS) is 22.6. The molecule has 2 aliphatic heterocycles. The molecule has 1 N–H and O–H groups in total. The Bertz CT molecular complexity index is 635. The molecule has 0 saturated carbocycles. The molecular weight excluding hydrogens is 316 g/mol. The lowest BCUT2D eigenvalue weighted by Gasteiger charge is -2.28. The fourth-order valence-corrected chi connectivity index (χ4v) is 2.99. The number of urea groups is 1. The number of carbonyl (C=O) groups excluding carboxylic acids is 2. The third-order valence-electron chi connectivity index (χ3n) is 4.15. The number of hydrogen-bond acceptors (Lipinski definition) is 5. The molecule has 3 rings (SSSR count). The van der Waals surface area contributed by atoms with Crippen molar-refractivity contribution in [1.82, 2.24) is 9.96 Å². The van der Waals surface area contributed by atoms with E-state index in [0.29, 0.717) is 19.4 Å². The molecule has 8 nitrogen and oxygen atoms in total. The lowest BCUT2D eigenvalue weighted by molar-refractivity contribution is -0.167. The number of rotatable bonds is 6. The molecule has 2 fully saturated rings. The van der Waals surface area contributed by atoms with Gasteiger partial charge in [-0.2, -0.15) is 5.06 Å². The minimum atomic E-state index is -1.15. The molecule has 2 amide bonds. The van der Waals surface area contributed by atoms with Crippen LogP contribution in [0.5, 0.6) is 0 Å². The molecule has 1 aromatic rings. The quantitative estimate of drug-likeness (QED) is 0.780. The number of ether oxygens (including phenoxy) is 1. The van der Waals surface area contributed by atoms with Crippen LogP contribution in [0.3, 0.4) is 0 Å². The molecule has 0 spiro atoms. The molecule has 2 bridgehead atoms. The van der Waals surface area contributed by atoms with Gasteiger partial charge in [0, 0.05) is 6.54 Å². The van der Waals surface area contributed by atoms with Crippen LogP contribution in [0.2, 0.25) is 0 Å². The summed E-state index contributed by atoms with van der Waals surface area (Å²) >= 11 is 0. The molecule has 2 saturated heterocycles. The Morgan fingerprint density at radius 3 is 2.67 bits per heavy atom. The third-order valence-corrected chi connectivity index (χ3v) is 4.15. The second-order valence-corrected chi connectivity index (χ2v) is 5.77. The first-order chi connectivity index (χ1) is 11.6. The van der Waals surface area contributed by atoms with Gasteiger partial charge in [-0.1, -0.05) is 30.3 Å². The van der Waals surface area contributed by atoms with Gasteiger partial charge >= 0.3 is 18.0 Å². The first-order valence-corrected chi connectivity index (χ1v) is 7.71. The van der Waals surface area contributed by atoms with Gasteiger partial charge in [-0.05, 0) is 18.4 Å². The Morgan fingerprint density at radius 1 is 1.21 bits per heavy atom. The number of hydrogen-bond donors (Lipinski definition) is 1. The maximum Gasteiger partial charge on any atom is 0.345 e. The summed E-state index contributed by atoms with van der Waals surface area (Å²) < 4.78 is 5.31. The van der Waals surface area contributed by atoms with Gasteiger partial charge in [0.15, 0.2) is 6.61 Å². The molecule has 8 heteroatoms. The highest BCUT2D eigenvalue weighted by Gasteiger charge is 2.48. The molecule has 1 aromatic carbocycles. The second-order valence-electron chi connectivity index (χ2n) is 5.77. The lowest BCUT2D eigenvalue weighted by Crippen LogP contribution is -2.45. The summed E-state index contributed by atoms with van der Waals surface area (Å²) in [5.41, 5.74) is 0.874. The monoisotopic (exact) mass is 334 g/mol. The van der Waals surface area contributed by atoms with E-state index in [1.54, 1.807) is 0 Å². The topological polar surface area (TPSA) is 96.4 Å². The van der Waals surface area contributed by atoms with Gasteiger partial charge in [-0.3, -0.25) is 4.84 Å². The Kier molecular flexibility index (Phi) is 4.66. The van der Waals surface area contributed by atoms with Gasteiger partial charge < -0.3 is 14.7 Å². The Hall–Kier alpha value is -2.61. The van der Waals surface area contributed by atoms with Gasteiger partial charge in [0.2, 0.25) is 0 Å². The lowest BCUT2D eigenvalue weighted by atomic mass is 10.0. The van der Waals surface area contributed by atoms with Crippen LogP contribution < -0.4 is 0 Å². The summed E-state index contributed by atoms with van der Waals surface area (Å²) in [5, 5.41) is 9.74. The zero-order valence-corrected chi connectivity index (χ0v) is 13.0. The van der Waals surface area contributed by atoms with E-state index in [9.17, 15) is 14.4 Å². The number of benzene rings is 1. The van der Waals surface area contributed by atoms with E-state index in [1.807, 2.05) is 30.3 Å². The van der Waals surface area contributed by atoms with Crippen molar-refractivity contribution in [3.8, 4) is 0 Å². The van der Waals surface area contributed by atoms with Crippen molar-refractivity contribution in [3.05, 3.63) is 35.9 Å². The fourth-order valence-electron chi connectivity index (χ4n) is 2.99. The number of fused-ring (bicyclic) bond motifs is 2. The van der Waals surface area contributed by atoms with Crippen molar-refractivity contribution in [2.45, 2.75) is 31.5 Å². The molecule has 128 valence electrons. The van der Waals surface area contributed by atoms with E-state index < -0.39 is 30.6 Å².